The summed E-state index contributed by atoms with van der Waals surface area (Å²) in [7, 11) is 0. The Hall–Kier alpha value is -2.82. The van der Waals surface area contributed by atoms with Gasteiger partial charge in [-0.05, 0) is 6.92 Å². The maximum absolute atomic E-state index is 13.9. The van der Waals surface area contributed by atoms with E-state index in [4.69, 9.17) is 0 Å². The van der Waals surface area contributed by atoms with Crippen molar-refractivity contribution in [2.75, 3.05) is 6.61 Å². The van der Waals surface area contributed by atoms with Gasteiger partial charge in [-0.2, -0.15) is 127 Å². The molecule has 52 heavy (non-hydrogen) atoms. The van der Waals surface area contributed by atoms with E-state index in [0.29, 0.717) is 0 Å². The monoisotopic (exact) mass is 846 g/mol. The molecule has 0 aliphatic rings. The van der Waals surface area contributed by atoms with E-state index in [1.807, 2.05) is 0 Å². The number of esters is 1. The Bertz CT molecular complexity index is 1320. The smallest absolute Gasteiger partial charge is 0.460 e. The third-order valence-electron chi connectivity index (χ3n) is 6.28. The Labute approximate surface area is 265 Å². The third-order valence-corrected chi connectivity index (χ3v) is 6.28. The van der Waals surface area contributed by atoms with Gasteiger partial charge in [0.05, 0.1) is 19.4 Å². The summed E-state index contributed by atoms with van der Waals surface area (Å²) in [5, 5.41) is 0. The lowest BCUT2D eigenvalue weighted by Gasteiger charge is -2.46. The quantitative estimate of drug-likeness (QED) is 0.0828. The van der Waals surface area contributed by atoms with Crippen molar-refractivity contribution in [3.05, 3.63) is 12.2 Å². The minimum atomic E-state index is -9.96. The molecule has 0 saturated carbocycles. The highest BCUT2D eigenvalue weighted by Gasteiger charge is 3.00. The number of carbonyl (C=O) groups is 1. The molecule has 0 N–H and O–H groups in total. The molecular weight excluding hydrogens is 835 g/mol. The van der Waals surface area contributed by atoms with Crippen molar-refractivity contribution in [1.82, 2.24) is 0 Å². The Kier molecular flexibility index (Phi) is 12.2. The lowest BCUT2D eigenvalue weighted by atomic mass is 9.83. The second kappa shape index (κ2) is 12.9. The average Bonchev–Trinajstić information content (AvgIpc) is 2.90. The average molecular weight is 846 g/mol. The van der Waals surface area contributed by atoms with E-state index in [2.05, 4.69) is 11.3 Å². The van der Waals surface area contributed by atoms with Crippen molar-refractivity contribution in [3.8, 4) is 0 Å². The molecule has 0 bridgehead atoms. The summed E-state index contributed by atoms with van der Waals surface area (Å²) in [6.45, 7) is 1.68. The van der Waals surface area contributed by atoms with E-state index in [1.54, 1.807) is 0 Å². The predicted octanol–water partition coefficient (Wildman–Crippen LogP) is 10.7. The standard InChI is InChI=1S/C21H11F29O2/c1-6(2)5-7(51)52-4-3-8(22,23)9(24,25)10(26,27)11(28,29)12(30,31)13(32,33)14(34,35)15(36,37)16(38,39)17(40,41)18(42,43)19(44,45)20(46,47)21(48,49)50/h1,3-5H2,2H3. The minimum Gasteiger partial charge on any atom is -0.465 e. The van der Waals surface area contributed by atoms with Crippen LogP contribution < -0.4 is 0 Å². The van der Waals surface area contributed by atoms with Gasteiger partial charge in [0.2, 0.25) is 0 Å². The molecule has 0 aliphatic carbocycles. The fourth-order valence-corrected chi connectivity index (χ4v) is 3.13. The summed E-state index contributed by atoms with van der Waals surface area (Å²) in [5.74, 6) is -123. The maximum Gasteiger partial charge on any atom is 0.460 e. The highest BCUT2D eigenvalue weighted by Crippen LogP contribution is 2.69. The third kappa shape index (κ3) is 6.42. The maximum atomic E-state index is 13.9. The molecule has 2 nitrogen and oxygen atoms in total. The summed E-state index contributed by atoms with van der Waals surface area (Å²) < 4.78 is 395. The van der Waals surface area contributed by atoms with Crippen molar-refractivity contribution in [3.63, 3.8) is 0 Å². The van der Waals surface area contributed by atoms with Gasteiger partial charge in [-0.15, -0.1) is 0 Å². The molecule has 0 aromatic heterocycles. The largest absolute Gasteiger partial charge is 0.465 e. The van der Waals surface area contributed by atoms with Crippen molar-refractivity contribution in [2.45, 2.75) is 103 Å². The molecule has 0 aromatic carbocycles. The number of rotatable bonds is 17. The first-order chi connectivity index (χ1) is 22.1. The Morgan fingerprint density at radius 2 is 0.615 bits per heavy atom. The van der Waals surface area contributed by atoms with Crippen molar-refractivity contribution in [1.29, 1.82) is 0 Å². The Balaban J connectivity index is 7.29. The van der Waals surface area contributed by atoms with Gasteiger partial charge in [0.15, 0.2) is 0 Å². The molecule has 0 rings (SSSR count). The van der Waals surface area contributed by atoms with Crippen LogP contribution in [0.3, 0.4) is 0 Å². The molecule has 31 heteroatoms. The van der Waals surface area contributed by atoms with E-state index < -0.39 is 109 Å². The fraction of sp³-hybridized carbons (Fsp3) is 0.857. The molecule has 310 valence electrons. The van der Waals surface area contributed by atoms with E-state index in [0.717, 1.165) is 6.92 Å². The molecule has 0 fully saturated rings. The fourth-order valence-electron chi connectivity index (χ4n) is 3.13. The van der Waals surface area contributed by atoms with Crippen molar-refractivity contribution in [2.24, 2.45) is 0 Å². The summed E-state index contributed by atoms with van der Waals surface area (Å²) in [5.41, 5.74) is -0.213. The first kappa shape index (κ1) is 49.2. The molecule has 0 aromatic rings. The topological polar surface area (TPSA) is 26.3 Å². The van der Waals surface area contributed by atoms with Gasteiger partial charge in [-0.3, -0.25) is 4.79 Å². The Morgan fingerprint density at radius 1 is 0.404 bits per heavy atom. The van der Waals surface area contributed by atoms with Gasteiger partial charge in [-0.25, -0.2) is 0 Å². The summed E-state index contributed by atoms with van der Waals surface area (Å²) >= 11 is 0. The molecule has 0 radical (unpaired) electrons. The van der Waals surface area contributed by atoms with E-state index in [-0.39, 0.29) is 5.57 Å². The van der Waals surface area contributed by atoms with Crippen LogP contribution in [0.4, 0.5) is 127 Å². The van der Waals surface area contributed by atoms with Crippen LogP contribution in [-0.4, -0.2) is 95.7 Å². The Morgan fingerprint density at radius 3 is 0.827 bits per heavy atom. The van der Waals surface area contributed by atoms with Crippen LogP contribution in [0.1, 0.15) is 19.8 Å². The zero-order chi connectivity index (χ0) is 43.0. The number of halogens is 29. The van der Waals surface area contributed by atoms with Gasteiger partial charge in [0, 0.05) is 0 Å². The van der Waals surface area contributed by atoms with Gasteiger partial charge in [0.1, 0.15) is 0 Å². The number of hydrogen-bond acceptors (Lipinski definition) is 2. The van der Waals surface area contributed by atoms with Crippen molar-refractivity contribution < 1.29 is 137 Å². The lowest BCUT2D eigenvalue weighted by molar-refractivity contribution is -0.487. The first-order valence-electron chi connectivity index (χ1n) is 11.8. The van der Waals surface area contributed by atoms with Crippen LogP contribution in [0.25, 0.3) is 0 Å². The molecular formula is C21H11F29O2. The zero-order valence-corrected chi connectivity index (χ0v) is 23.6. The normalized spacial score (nSPS) is 16.3. The SMILES string of the molecule is C=C(C)CC(=O)OCCC(F)(F)C(F)(F)C(F)(F)C(F)(F)C(F)(F)C(F)(F)C(F)(F)C(F)(F)C(F)(F)C(F)(F)C(F)(F)C(F)(F)C(F)(F)C(F)(F)F. The zero-order valence-electron chi connectivity index (χ0n) is 23.6. The highest BCUT2D eigenvalue weighted by atomic mass is 19.4. The summed E-state index contributed by atoms with van der Waals surface area (Å²) in [4.78, 5) is 11.1. The molecule has 0 amide bonds. The molecule has 0 unspecified atom stereocenters. The van der Waals surface area contributed by atoms with E-state index in [9.17, 15) is 132 Å². The van der Waals surface area contributed by atoms with Crippen molar-refractivity contribution >= 4 is 5.97 Å². The molecule has 0 atom stereocenters. The van der Waals surface area contributed by atoms with Crippen LogP contribution in [0.5, 0.6) is 0 Å². The number of carbonyl (C=O) groups excluding carboxylic acids is 1. The summed E-state index contributed by atoms with van der Waals surface area (Å²) in [6, 6.07) is 0. The highest BCUT2D eigenvalue weighted by molar-refractivity contribution is 5.72. The van der Waals surface area contributed by atoms with Gasteiger partial charge in [-0.1, -0.05) is 12.2 Å². The van der Waals surface area contributed by atoms with Gasteiger partial charge < -0.3 is 4.74 Å². The molecule has 0 aliphatic heterocycles. The van der Waals surface area contributed by atoms with Gasteiger partial charge >= 0.3 is 89.1 Å². The van der Waals surface area contributed by atoms with Crippen LogP contribution in [0.2, 0.25) is 0 Å². The summed E-state index contributed by atoms with van der Waals surface area (Å²) in [6.07, 6.45) is -12.5. The second-order valence-corrected chi connectivity index (χ2v) is 10.2. The minimum absolute atomic E-state index is 0.213. The number of hydrogen-bond donors (Lipinski definition) is 0. The van der Waals surface area contributed by atoms with E-state index in [1.165, 1.54) is 0 Å². The molecule has 0 spiro atoms. The van der Waals surface area contributed by atoms with Crippen LogP contribution in [-0.2, 0) is 9.53 Å². The molecule has 0 heterocycles. The molecule has 0 saturated heterocycles. The van der Waals surface area contributed by atoms with Gasteiger partial charge in [0.25, 0.3) is 0 Å². The van der Waals surface area contributed by atoms with Crippen LogP contribution in [0, 0.1) is 0 Å². The number of alkyl halides is 29. The number of ether oxygens (including phenoxy) is 1. The van der Waals surface area contributed by atoms with Crippen LogP contribution >= 0.6 is 0 Å². The first-order valence-corrected chi connectivity index (χ1v) is 11.8. The lowest BCUT2D eigenvalue weighted by Crippen LogP contribution is -2.79. The van der Waals surface area contributed by atoms with Crippen LogP contribution in [0.15, 0.2) is 12.2 Å². The second-order valence-electron chi connectivity index (χ2n) is 10.2. The predicted molar refractivity (Wildman–Crippen MR) is 105 cm³/mol. The van der Waals surface area contributed by atoms with E-state index >= 15 is 0 Å².